The molecule has 2 rings (SSSR count). The molecule has 0 heterocycles. The number of carbonyl (C=O) groups is 1. The summed E-state index contributed by atoms with van der Waals surface area (Å²) in [5.41, 5.74) is -0.0995. The van der Waals surface area contributed by atoms with Crippen LogP contribution in [-0.2, 0) is 4.79 Å². The van der Waals surface area contributed by atoms with Crippen LogP contribution in [0, 0.1) is 5.92 Å². The second kappa shape index (κ2) is 4.25. The van der Waals surface area contributed by atoms with E-state index in [0.29, 0.717) is 11.7 Å². The summed E-state index contributed by atoms with van der Waals surface area (Å²) in [6.45, 7) is 0. The number of carbonyl (C=O) groups excluding carboxylic acids is 1. The topological polar surface area (TPSA) is 20.3 Å². The lowest BCUT2D eigenvalue weighted by molar-refractivity contribution is -0.132. The van der Waals surface area contributed by atoms with Gasteiger partial charge in [0.05, 0.1) is 5.54 Å². The van der Waals surface area contributed by atoms with E-state index in [1.807, 2.05) is 0 Å². The fraction of sp³-hybridized carbons (Fsp3) is 0.923. The van der Waals surface area contributed by atoms with Gasteiger partial charge in [0, 0.05) is 5.92 Å². The number of nitrogens with zero attached hydrogens (tertiary/aromatic N) is 1. The van der Waals surface area contributed by atoms with Gasteiger partial charge in [-0.3, -0.25) is 9.69 Å². The van der Waals surface area contributed by atoms with Crippen molar-refractivity contribution in [1.29, 1.82) is 0 Å². The Hall–Kier alpha value is -0.370. The van der Waals surface area contributed by atoms with Crippen LogP contribution in [-0.4, -0.2) is 30.3 Å². The van der Waals surface area contributed by atoms with Gasteiger partial charge in [0.15, 0.2) is 5.78 Å². The standard InChI is InChI=1S/C13H23NO/c1-14(2)13(12(15)11-7-8-11)9-5-3-4-6-10-13/h11H,3-10H2,1-2H3. The van der Waals surface area contributed by atoms with Crippen molar-refractivity contribution in [3.63, 3.8) is 0 Å². The van der Waals surface area contributed by atoms with Crippen LogP contribution >= 0.6 is 0 Å². The molecule has 0 atom stereocenters. The average molecular weight is 209 g/mol. The quantitative estimate of drug-likeness (QED) is 0.666. The molecule has 2 nitrogen and oxygen atoms in total. The van der Waals surface area contributed by atoms with Gasteiger partial charge < -0.3 is 0 Å². The number of likely N-dealkylation sites (N-methyl/N-ethyl adjacent to an activating group) is 1. The van der Waals surface area contributed by atoms with E-state index in [-0.39, 0.29) is 5.54 Å². The molecule has 0 unspecified atom stereocenters. The van der Waals surface area contributed by atoms with Crippen LogP contribution in [0.5, 0.6) is 0 Å². The molecule has 0 amide bonds. The van der Waals surface area contributed by atoms with Crippen molar-refractivity contribution in [2.75, 3.05) is 14.1 Å². The molecule has 0 aromatic carbocycles. The minimum atomic E-state index is -0.0995. The van der Waals surface area contributed by atoms with Crippen LogP contribution in [0.1, 0.15) is 51.4 Å². The number of hydrogen-bond donors (Lipinski definition) is 0. The zero-order chi connectivity index (χ0) is 10.9. The first kappa shape index (κ1) is 11.1. The molecular formula is C13H23NO. The van der Waals surface area contributed by atoms with Gasteiger partial charge in [-0.05, 0) is 39.8 Å². The van der Waals surface area contributed by atoms with Crippen LogP contribution < -0.4 is 0 Å². The van der Waals surface area contributed by atoms with Crippen LogP contribution in [0.3, 0.4) is 0 Å². The van der Waals surface area contributed by atoms with E-state index < -0.39 is 0 Å². The van der Waals surface area contributed by atoms with Gasteiger partial charge in [-0.15, -0.1) is 0 Å². The number of hydrogen-bond acceptors (Lipinski definition) is 2. The zero-order valence-corrected chi connectivity index (χ0v) is 10.1. The highest BCUT2D eigenvalue weighted by Crippen LogP contribution is 2.41. The second-order valence-corrected chi connectivity index (χ2v) is 5.48. The molecular weight excluding hydrogens is 186 g/mol. The lowest BCUT2D eigenvalue weighted by Crippen LogP contribution is -2.51. The van der Waals surface area contributed by atoms with Crippen molar-refractivity contribution in [3.8, 4) is 0 Å². The Morgan fingerprint density at radius 2 is 1.60 bits per heavy atom. The molecule has 0 radical (unpaired) electrons. The van der Waals surface area contributed by atoms with Gasteiger partial charge in [-0.1, -0.05) is 25.7 Å². The molecule has 0 spiro atoms. The highest BCUT2D eigenvalue weighted by Gasteiger charge is 2.46. The van der Waals surface area contributed by atoms with Crippen LogP contribution in [0.15, 0.2) is 0 Å². The van der Waals surface area contributed by atoms with Gasteiger partial charge in [-0.25, -0.2) is 0 Å². The molecule has 0 bridgehead atoms. The molecule has 15 heavy (non-hydrogen) atoms. The SMILES string of the molecule is CN(C)C1(C(=O)C2CC2)CCCCCC1. The lowest BCUT2D eigenvalue weighted by Gasteiger charge is -2.38. The van der Waals surface area contributed by atoms with Crippen LogP contribution in [0.25, 0.3) is 0 Å². The highest BCUT2D eigenvalue weighted by atomic mass is 16.1. The summed E-state index contributed by atoms with van der Waals surface area (Å²) in [6, 6.07) is 0. The minimum absolute atomic E-state index is 0.0995. The van der Waals surface area contributed by atoms with E-state index in [0.717, 1.165) is 25.7 Å². The van der Waals surface area contributed by atoms with Gasteiger partial charge >= 0.3 is 0 Å². The fourth-order valence-electron chi connectivity index (χ4n) is 2.95. The molecule has 0 aromatic heterocycles. The normalized spacial score (nSPS) is 26.3. The third-order valence-electron chi connectivity index (χ3n) is 4.19. The van der Waals surface area contributed by atoms with Crippen LogP contribution in [0.4, 0.5) is 0 Å². The summed E-state index contributed by atoms with van der Waals surface area (Å²) in [6.07, 6.45) is 9.57. The first-order valence-electron chi connectivity index (χ1n) is 6.38. The van der Waals surface area contributed by atoms with Gasteiger partial charge in [-0.2, -0.15) is 0 Å². The summed E-state index contributed by atoms with van der Waals surface area (Å²) in [5, 5.41) is 0. The summed E-state index contributed by atoms with van der Waals surface area (Å²) < 4.78 is 0. The Balaban J connectivity index is 2.16. The summed E-state index contributed by atoms with van der Waals surface area (Å²) in [5.74, 6) is 0.958. The minimum Gasteiger partial charge on any atom is -0.297 e. The molecule has 86 valence electrons. The Labute approximate surface area is 93.0 Å². The monoisotopic (exact) mass is 209 g/mol. The number of Topliss-reactive ketones (excluding diaryl/α,β-unsaturated/α-hetero) is 1. The van der Waals surface area contributed by atoms with E-state index in [1.165, 1.54) is 25.7 Å². The third kappa shape index (κ3) is 2.10. The van der Waals surface area contributed by atoms with Crippen molar-refractivity contribution in [2.24, 2.45) is 5.92 Å². The number of ketones is 1. The molecule has 2 aliphatic rings. The van der Waals surface area contributed by atoms with E-state index in [4.69, 9.17) is 0 Å². The molecule has 2 aliphatic carbocycles. The summed E-state index contributed by atoms with van der Waals surface area (Å²) in [7, 11) is 4.18. The van der Waals surface area contributed by atoms with Gasteiger partial charge in [0.1, 0.15) is 0 Å². The Morgan fingerprint density at radius 1 is 1.07 bits per heavy atom. The maximum Gasteiger partial charge on any atom is 0.156 e. The second-order valence-electron chi connectivity index (χ2n) is 5.48. The molecule has 2 fully saturated rings. The summed E-state index contributed by atoms with van der Waals surface area (Å²) in [4.78, 5) is 14.6. The Kier molecular flexibility index (Phi) is 3.15. The van der Waals surface area contributed by atoms with Gasteiger partial charge in [0.2, 0.25) is 0 Å². The van der Waals surface area contributed by atoms with Crippen molar-refractivity contribution in [2.45, 2.75) is 56.9 Å². The Bertz CT molecular complexity index is 235. The molecule has 0 N–H and O–H groups in total. The first-order chi connectivity index (χ1) is 7.17. The highest BCUT2D eigenvalue weighted by molar-refractivity contribution is 5.92. The van der Waals surface area contributed by atoms with E-state index in [2.05, 4.69) is 19.0 Å². The largest absolute Gasteiger partial charge is 0.297 e. The van der Waals surface area contributed by atoms with Crippen LogP contribution in [0.2, 0.25) is 0 Å². The average Bonchev–Trinajstić information content (AvgIpc) is 3.04. The predicted octanol–water partition coefficient (Wildman–Crippen LogP) is 2.62. The Morgan fingerprint density at radius 3 is 2.00 bits per heavy atom. The van der Waals surface area contributed by atoms with E-state index >= 15 is 0 Å². The molecule has 0 aromatic rings. The van der Waals surface area contributed by atoms with Crippen molar-refractivity contribution in [1.82, 2.24) is 4.90 Å². The van der Waals surface area contributed by atoms with Crippen molar-refractivity contribution >= 4 is 5.78 Å². The molecule has 0 aliphatic heterocycles. The third-order valence-corrected chi connectivity index (χ3v) is 4.19. The van der Waals surface area contributed by atoms with E-state index in [9.17, 15) is 4.79 Å². The number of rotatable bonds is 3. The predicted molar refractivity (Wildman–Crippen MR) is 61.9 cm³/mol. The smallest absolute Gasteiger partial charge is 0.156 e. The van der Waals surface area contributed by atoms with E-state index in [1.54, 1.807) is 0 Å². The van der Waals surface area contributed by atoms with Crippen molar-refractivity contribution < 1.29 is 4.79 Å². The molecule has 0 saturated heterocycles. The first-order valence-corrected chi connectivity index (χ1v) is 6.38. The van der Waals surface area contributed by atoms with Crippen molar-refractivity contribution in [3.05, 3.63) is 0 Å². The maximum atomic E-state index is 12.4. The molecule has 2 heteroatoms. The maximum absolute atomic E-state index is 12.4. The van der Waals surface area contributed by atoms with Gasteiger partial charge in [0.25, 0.3) is 0 Å². The zero-order valence-electron chi connectivity index (χ0n) is 10.1. The lowest BCUT2D eigenvalue weighted by atomic mass is 9.82. The summed E-state index contributed by atoms with van der Waals surface area (Å²) >= 11 is 0. The molecule has 2 saturated carbocycles. The fourth-order valence-corrected chi connectivity index (χ4v) is 2.95.